The Kier molecular flexibility index (Phi) is 6.26. The van der Waals surface area contributed by atoms with Crippen LogP contribution >= 0.6 is 57.8 Å². The van der Waals surface area contributed by atoms with Crippen molar-refractivity contribution in [2.45, 2.75) is 15.2 Å². The van der Waals surface area contributed by atoms with Gasteiger partial charge in [0.2, 0.25) is 0 Å². The summed E-state index contributed by atoms with van der Waals surface area (Å²) in [4.78, 5) is 1.27. The summed E-state index contributed by atoms with van der Waals surface area (Å²) in [6.07, 6.45) is 2.02. The van der Waals surface area contributed by atoms with Crippen LogP contribution in [0, 0.1) is 0 Å². The van der Waals surface area contributed by atoms with E-state index in [1.54, 1.807) is 46.2 Å². The molecule has 1 N–H and O–H groups in total. The molecule has 0 aliphatic rings. The minimum absolute atomic E-state index is 0.847. The Hall–Kier alpha value is 0.210. The summed E-state index contributed by atoms with van der Waals surface area (Å²) >= 11 is 12.5. The van der Waals surface area contributed by atoms with Gasteiger partial charge in [0, 0.05) is 23.7 Å². The number of rotatable bonds is 7. The minimum atomic E-state index is 0.847. The Morgan fingerprint density at radius 2 is 2.11 bits per heavy atom. The highest BCUT2D eigenvalue weighted by Gasteiger charge is 2.03. The molecule has 0 radical (unpaired) electrons. The van der Waals surface area contributed by atoms with Gasteiger partial charge in [-0.1, -0.05) is 46.5 Å². The van der Waals surface area contributed by atoms with E-state index in [1.807, 2.05) is 12.3 Å². The molecule has 2 aromatic heterocycles. The summed E-state index contributed by atoms with van der Waals surface area (Å²) in [5, 5.41) is 11.6. The van der Waals surface area contributed by atoms with Crippen LogP contribution in [0.3, 0.4) is 0 Å². The molecule has 18 heavy (non-hydrogen) atoms. The molecule has 0 bridgehead atoms. The maximum Gasteiger partial charge on any atom is 0.175 e. The number of aromatic nitrogens is 2. The van der Waals surface area contributed by atoms with Crippen LogP contribution in [-0.4, -0.2) is 28.8 Å². The summed E-state index contributed by atoms with van der Waals surface area (Å²) < 4.78 is 2.92. The summed E-state index contributed by atoms with van der Waals surface area (Å²) in [5.41, 5.74) is 0. The topological polar surface area (TPSA) is 37.8 Å². The second-order valence-electron chi connectivity index (χ2n) is 3.27. The van der Waals surface area contributed by atoms with E-state index in [0.29, 0.717) is 0 Å². The molecular formula is C10H12ClN3S4. The third-order valence-corrected chi connectivity index (χ3v) is 6.26. The van der Waals surface area contributed by atoms with Gasteiger partial charge in [-0.15, -0.1) is 21.5 Å². The molecule has 2 rings (SSSR count). The quantitative estimate of drug-likeness (QED) is 0.613. The molecule has 0 fully saturated rings. The predicted molar refractivity (Wildman–Crippen MR) is 83.4 cm³/mol. The zero-order chi connectivity index (χ0) is 12.8. The molecule has 0 saturated heterocycles. The Labute approximate surface area is 128 Å². The van der Waals surface area contributed by atoms with Crippen molar-refractivity contribution in [3.05, 3.63) is 21.3 Å². The van der Waals surface area contributed by atoms with Crippen molar-refractivity contribution in [2.75, 3.05) is 18.6 Å². The smallest absolute Gasteiger partial charge is 0.175 e. The van der Waals surface area contributed by atoms with E-state index in [4.69, 9.17) is 11.6 Å². The first-order chi connectivity index (χ1) is 8.78. The first-order valence-electron chi connectivity index (χ1n) is 5.23. The van der Waals surface area contributed by atoms with E-state index in [1.165, 1.54) is 4.88 Å². The summed E-state index contributed by atoms with van der Waals surface area (Å²) in [6, 6.07) is 3.99. The molecule has 0 unspecified atom stereocenters. The van der Waals surface area contributed by atoms with Gasteiger partial charge in [0.1, 0.15) is 0 Å². The Balaban J connectivity index is 1.61. The first kappa shape index (κ1) is 14.6. The van der Waals surface area contributed by atoms with Crippen molar-refractivity contribution in [3.8, 4) is 0 Å². The molecule has 3 nitrogen and oxygen atoms in total. The van der Waals surface area contributed by atoms with Gasteiger partial charge in [-0.05, 0) is 18.4 Å². The summed E-state index contributed by atoms with van der Waals surface area (Å²) in [7, 11) is 0. The van der Waals surface area contributed by atoms with Gasteiger partial charge >= 0.3 is 0 Å². The van der Waals surface area contributed by atoms with E-state index >= 15 is 0 Å². The highest BCUT2D eigenvalue weighted by molar-refractivity contribution is 8.02. The lowest BCUT2D eigenvalue weighted by atomic mass is 10.4. The number of nitrogens with zero attached hydrogens (tertiary/aromatic N) is 2. The molecule has 0 aliphatic carbocycles. The van der Waals surface area contributed by atoms with Gasteiger partial charge in [0.15, 0.2) is 8.68 Å². The molecule has 2 aromatic rings. The molecule has 2 heterocycles. The predicted octanol–water partition coefficient (Wildman–Crippen LogP) is 3.86. The van der Waals surface area contributed by atoms with Crippen molar-refractivity contribution in [3.63, 3.8) is 0 Å². The molecule has 0 atom stereocenters. The SMILES string of the molecule is CSc1nnc(SCCNCc2ccc(Cl)s2)s1. The van der Waals surface area contributed by atoms with Crippen molar-refractivity contribution in [1.29, 1.82) is 0 Å². The average molecular weight is 338 g/mol. The summed E-state index contributed by atoms with van der Waals surface area (Å²) in [5.74, 6) is 1.00. The fourth-order valence-electron chi connectivity index (χ4n) is 1.21. The number of halogens is 1. The maximum absolute atomic E-state index is 5.87. The second kappa shape index (κ2) is 7.72. The van der Waals surface area contributed by atoms with Gasteiger partial charge in [-0.3, -0.25) is 0 Å². The van der Waals surface area contributed by atoms with Crippen molar-refractivity contribution in [2.24, 2.45) is 0 Å². The molecule has 0 aromatic carbocycles. The van der Waals surface area contributed by atoms with Crippen LogP contribution in [-0.2, 0) is 6.54 Å². The Morgan fingerprint density at radius 3 is 2.78 bits per heavy atom. The van der Waals surface area contributed by atoms with Crippen molar-refractivity contribution < 1.29 is 0 Å². The molecule has 0 aliphatic heterocycles. The molecule has 0 spiro atoms. The normalized spacial score (nSPS) is 11.0. The van der Waals surface area contributed by atoms with Crippen LogP contribution < -0.4 is 5.32 Å². The third kappa shape index (κ3) is 4.71. The van der Waals surface area contributed by atoms with Crippen LogP contribution in [0.2, 0.25) is 4.34 Å². The fourth-order valence-corrected chi connectivity index (χ4v) is 4.67. The van der Waals surface area contributed by atoms with Crippen LogP contribution in [0.1, 0.15) is 4.88 Å². The zero-order valence-corrected chi connectivity index (χ0v) is 13.7. The molecule has 0 saturated carbocycles. The van der Waals surface area contributed by atoms with E-state index in [9.17, 15) is 0 Å². The molecule has 0 amide bonds. The maximum atomic E-state index is 5.87. The highest BCUT2D eigenvalue weighted by atomic mass is 35.5. The molecular weight excluding hydrogens is 326 g/mol. The average Bonchev–Trinajstić information content (AvgIpc) is 2.98. The number of hydrogen-bond acceptors (Lipinski definition) is 7. The monoisotopic (exact) mass is 337 g/mol. The zero-order valence-electron chi connectivity index (χ0n) is 9.68. The lowest BCUT2D eigenvalue weighted by molar-refractivity contribution is 0.740. The molecule has 98 valence electrons. The van der Waals surface area contributed by atoms with E-state index in [0.717, 1.165) is 31.9 Å². The Morgan fingerprint density at radius 1 is 1.28 bits per heavy atom. The number of thioether (sulfide) groups is 2. The van der Waals surface area contributed by atoms with E-state index in [-0.39, 0.29) is 0 Å². The number of hydrogen-bond donors (Lipinski definition) is 1. The van der Waals surface area contributed by atoms with Gasteiger partial charge in [-0.2, -0.15) is 0 Å². The van der Waals surface area contributed by atoms with Gasteiger partial charge in [0.05, 0.1) is 4.34 Å². The standard InChI is InChI=1S/C10H12ClN3S4/c1-15-9-13-14-10(18-9)16-5-4-12-6-7-2-3-8(11)17-7/h2-3,12H,4-6H2,1H3. The largest absolute Gasteiger partial charge is 0.311 e. The van der Waals surface area contributed by atoms with Crippen LogP contribution in [0.5, 0.6) is 0 Å². The lowest BCUT2D eigenvalue weighted by Crippen LogP contribution is -2.15. The highest BCUT2D eigenvalue weighted by Crippen LogP contribution is 2.27. The third-order valence-electron chi connectivity index (χ3n) is 2.00. The number of thiophene rings is 1. The van der Waals surface area contributed by atoms with Crippen molar-refractivity contribution >= 4 is 57.8 Å². The number of nitrogens with one attached hydrogen (secondary N) is 1. The second-order valence-corrected chi connectivity index (χ2v) is 8.44. The van der Waals surface area contributed by atoms with Crippen molar-refractivity contribution in [1.82, 2.24) is 15.5 Å². The Bertz CT molecular complexity index is 485. The van der Waals surface area contributed by atoms with Crippen LogP contribution in [0.25, 0.3) is 0 Å². The first-order valence-corrected chi connectivity index (χ1v) is 9.45. The fraction of sp³-hybridized carbons (Fsp3) is 0.400. The summed E-state index contributed by atoms with van der Waals surface area (Å²) in [6.45, 7) is 1.83. The lowest BCUT2D eigenvalue weighted by Gasteiger charge is -2.00. The van der Waals surface area contributed by atoms with Gasteiger partial charge < -0.3 is 5.32 Å². The molecule has 8 heteroatoms. The van der Waals surface area contributed by atoms with E-state index < -0.39 is 0 Å². The minimum Gasteiger partial charge on any atom is -0.311 e. The van der Waals surface area contributed by atoms with E-state index in [2.05, 4.69) is 21.6 Å². The van der Waals surface area contributed by atoms with Gasteiger partial charge in [0.25, 0.3) is 0 Å². The van der Waals surface area contributed by atoms with Gasteiger partial charge in [-0.25, -0.2) is 0 Å². The van der Waals surface area contributed by atoms with Crippen LogP contribution in [0.15, 0.2) is 20.8 Å². The van der Waals surface area contributed by atoms with Crippen LogP contribution in [0.4, 0.5) is 0 Å².